The maximum atomic E-state index is 12.1. The Hall–Kier alpha value is -1.83. The summed E-state index contributed by atoms with van der Waals surface area (Å²) in [5.41, 5.74) is 0.217. The zero-order valence-electron chi connectivity index (χ0n) is 10.4. The van der Waals surface area contributed by atoms with Crippen LogP contribution in [0.25, 0.3) is 0 Å². The number of nitrogens with one attached hydrogen (secondary N) is 1. The van der Waals surface area contributed by atoms with Crippen molar-refractivity contribution in [3.63, 3.8) is 0 Å². The Labute approximate surface area is 107 Å². The fourth-order valence-electron chi connectivity index (χ4n) is 1.17. The van der Waals surface area contributed by atoms with Gasteiger partial charge in [-0.3, -0.25) is 4.79 Å². The number of carbonyl (C=O) groups is 1. The molecule has 0 atom stereocenters. The Morgan fingerprint density at radius 1 is 1.37 bits per heavy atom. The molecule has 8 heteroatoms. The number of hydrogen-bond donors (Lipinski definition) is 1. The second-order valence-electron chi connectivity index (χ2n) is 3.58. The maximum Gasteiger partial charge on any atom is 0.471 e. The number of amides is 1. The van der Waals surface area contributed by atoms with Gasteiger partial charge in [-0.15, -0.1) is 0 Å². The lowest BCUT2D eigenvalue weighted by atomic mass is 10.3. The second kappa shape index (κ2) is 6.37. The van der Waals surface area contributed by atoms with Crippen LogP contribution in [-0.2, 0) is 9.53 Å². The van der Waals surface area contributed by atoms with Crippen LogP contribution in [-0.4, -0.2) is 37.4 Å². The van der Waals surface area contributed by atoms with E-state index in [9.17, 15) is 18.0 Å². The summed E-state index contributed by atoms with van der Waals surface area (Å²) in [5.74, 6) is -1.79. The Morgan fingerprint density at radius 2 is 2.05 bits per heavy atom. The third-order valence-corrected chi connectivity index (χ3v) is 2.10. The number of nitrogens with zero attached hydrogens (tertiary/aromatic N) is 1. The highest BCUT2D eigenvalue weighted by Gasteiger charge is 2.38. The lowest BCUT2D eigenvalue weighted by Crippen LogP contribution is -2.30. The zero-order chi connectivity index (χ0) is 14.5. The van der Waals surface area contributed by atoms with Gasteiger partial charge in [-0.25, -0.2) is 4.98 Å². The standard InChI is InChI=1S/C11H13F3N2O3/c1-7-8(16-10(17)11(12,13)14)3-4-9(15-7)19-6-5-18-2/h3-4H,5-6H2,1-2H3,(H,16,17). The molecule has 0 unspecified atom stereocenters. The van der Waals surface area contributed by atoms with Crippen LogP contribution in [0.5, 0.6) is 5.88 Å². The van der Waals surface area contributed by atoms with Crippen LogP contribution < -0.4 is 10.1 Å². The van der Waals surface area contributed by atoms with Crippen molar-refractivity contribution in [3.05, 3.63) is 17.8 Å². The van der Waals surface area contributed by atoms with Crippen molar-refractivity contribution in [1.29, 1.82) is 0 Å². The average Bonchev–Trinajstić information content (AvgIpc) is 2.31. The highest BCUT2D eigenvalue weighted by Crippen LogP contribution is 2.21. The Balaban J connectivity index is 2.69. The van der Waals surface area contributed by atoms with E-state index >= 15 is 0 Å². The van der Waals surface area contributed by atoms with Gasteiger partial charge in [-0.2, -0.15) is 13.2 Å². The molecule has 0 aromatic carbocycles. The maximum absolute atomic E-state index is 12.1. The summed E-state index contributed by atoms with van der Waals surface area (Å²) in [5, 5.41) is 1.74. The number of ether oxygens (including phenoxy) is 2. The number of methoxy groups -OCH3 is 1. The third-order valence-electron chi connectivity index (χ3n) is 2.10. The van der Waals surface area contributed by atoms with Crippen molar-refractivity contribution in [2.45, 2.75) is 13.1 Å². The number of aryl methyl sites for hydroxylation is 1. The first-order chi connectivity index (χ1) is 8.84. The molecule has 0 bridgehead atoms. The van der Waals surface area contributed by atoms with Crippen molar-refractivity contribution < 1.29 is 27.4 Å². The van der Waals surface area contributed by atoms with Gasteiger partial charge in [0.15, 0.2) is 0 Å². The summed E-state index contributed by atoms with van der Waals surface area (Å²) in [6.45, 7) is 2.11. The first-order valence-electron chi connectivity index (χ1n) is 5.32. The van der Waals surface area contributed by atoms with Crippen LogP contribution in [0.15, 0.2) is 12.1 Å². The van der Waals surface area contributed by atoms with Crippen LogP contribution in [0.3, 0.4) is 0 Å². The van der Waals surface area contributed by atoms with Crippen LogP contribution in [0.1, 0.15) is 5.69 Å². The number of anilines is 1. The van der Waals surface area contributed by atoms with Gasteiger partial charge in [0.2, 0.25) is 5.88 Å². The van der Waals surface area contributed by atoms with E-state index in [4.69, 9.17) is 9.47 Å². The zero-order valence-corrected chi connectivity index (χ0v) is 10.4. The molecule has 0 fully saturated rings. The van der Waals surface area contributed by atoms with Gasteiger partial charge < -0.3 is 14.8 Å². The topological polar surface area (TPSA) is 60.5 Å². The number of pyridine rings is 1. The van der Waals surface area contributed by atoms with Gasteiger partial charge in [0.1, 0.15) is 6.61 Å². The van der Waals surface area contributed by atoms with Crippen LogP contribution >= 0.6 is 0 Å². The van der Waals surface area contributed by atoms with Crippen molar-refractivity contribution in [2.24, 2.45) is 0 Å². The van der Waals surface area contributed by atoms with Gasteiger partial charge in [-0.1, -0.05) is 0 Å². The molecule has 0 spiro atoms. The van der Waals surface area contributed by atoms with E-state index < -0.39 is 12.1 Å². The minimum Gasteiger partial charge on any atom is -0.475 e. The number of halogens is 3. The molecule has 0 radical (unpaired) electrons. The molecule has 106 valence electrons. The SMILES string of the molecule is COCCOc1ccc(NC(=O)C(F)(F)F)c(C)n1. The van der Waals surface area contributed by atoms with Crippen molar-refractivity contribution in [3.8, 4) is 5.88 Å². The predicted molar refractivity (Wildman–Crippen MR) is 61.0 cm³/mol. The van der Waals surface area contributed by atoms with E-state index in [1.165, 1.54) is 26.2 Å². The molecular formula is C11H13F3N2O3. The summed E-state index contributed by atoms with van der Waals surface area (Å²) in [7, 11) is 1.51. The quantitative estimate of drug-likeness (QED) is 0.836. The fraction of sp³-hybridized carbons (Fsp3) is 0.455. The normalized spacial score (nSPS) is 11.2. The molecule has 1 heterocycles. The molecule has 0 saturated carbocycles. The summed E-state index contributed by atoms with van der Waals surface area (Å²) in [6, 6.07) is 2.67. The molecule has 1 aromatic rings. The lowest BCUT2D eigenvalue weighted by Gasteiger charge is -2.11. The lowest BCUT2D eigenvalue weighted by molar-refractivity contribution is -0.167. The number of alkyl halides is 3. The van der Waals surface area contributed by atoms with Gasteiger partial charge in [0.05, 0.1) is 18.0 Å². The highest BCUT2D eigenvalue weighted by atomic mass is 19.4. The molecule has 1 rings (SSSR count). The Kier molecular flexibility index (Phi) is 5.11. The summed E-state index contributed by atoms with van der Waals surface area (Å²) >= 11 is 0. The fourth-order valence-corrected chi connectivity index (χ4v) is 1.17. The third kappa shape index (κ3) is 4.74. The van der Waals surface area contributed by atoms with Crippen LogP contribution in [0.4, 0.5) is 18.9 Å². The monoisotopic (exact) mass is 278 g/mol. The molecule has 0 aliphatic carbocycles. The van der Waals surface area contributed by atoms with Crippen LogP contribution in [0, 0.1) is 6.92 Å². The Bertz CT molecular complexity index is 449. The molecule has 5 nitrogen and oxygen atoms in total. The van der Waals surface area contributed by atoms with Crippen molar-refractivity contribution >= 4 is 11.6 Å². The van der Waals surface area contributed by atoms with Gasteiger partial charge in [-0.05, 0) is 13.0 Å². The summed E-state index contributed by atoms with van der Waals surface area (Å²) in [6.07, 6.45) is -4.93. The van der Waals surface area contributed by atoms with Crippen molar-refractivity contribution in [2.75, 3.05) is 25.6 Å². The predicted octanol–water partition coefficient (Wildman–Crippen LogP) is 1.92. The van der Waals surface area contributed by atoms with E-state index in [0.717, 1.165) is 0 Å². The molecule has 1 N–H and O–H groups in total. The smallest absolute Gasteiger partial charge is 0.471 e. The van der Waals surface area contributed by atoms with E-state index in [2.05, 4.69) is 4.98 Å². The first-order valence-corrected chi connectivity index (χ1v) is 5.32. The van der Waals surface area contributed by atoms with E-state index in [0.29, 0.717) is 6.61 Å². The second-order valence-corrected chi connectivity index (χ2v) is 3.58. The molecule has 0 aliphatic heterocycles. The van der Waals surface area contributed by atoms with Gasteiger partial charge in [0.25, 0.3) is 0 Å². The molecular weight excluding hydrogens is 265 g/mol. The summed E-state index contributed by atoms with van der Waals surface area (Å²) in [4.78, 5) is 14.7. The Morgan fingerprint density at radius 3 is 2.58 bits per heavy atom. The largest absolute Gasteiger partial charge is 0.475 e. The van der Waals surface area contributed by atoms with Gasteiger partial charge >= 0.3 is 12.1 Å². The molecule has 0 saturated heterocycles. The molecule has 1 aromatic heterocycles. The minimum absolute atomic E-state index is 0.0126. The van der Waals surface area contributed by atoms with E-state index in [-0.39, 0.29) is 23.9 Å². The van der Waals surface area contributed by atoms with Crippen LogP contribution in [0.2, 0.25) is 0 Å². The number of hydrogen-bond acceptors (Lipinski definition) is 4. The highest BCUT2D eigenvalue weighted by molar-refractivity contribution is 5.95. The van der Waals surface area contributed by atoms with Crippen molar-refractivity contribution in [1.82, 2.24) is 4.98 Å². The first kappa shape index (κ1) is 15.2. The minimum atomic E-state index is -4.93. The molecule has 1 amide bonds. The molecule has 0 aliphatic rings. The molecule has 19 heavy (non-hydrogen) atoms. The number of carbonyl (C=O) groups excluding carboxylic acids is 1. The number of aromatic nitrogens is 1. The van der Waals surface area contributed by atoms with E-state index in [1.807, 2.05) is 0 Å². The van der Waals surface area contributed by atoms with E-state index in [1.54, 1.807) is 5.32 Å². The summed E-state index contributed by atoms with van der Waals surface area (Å²) < 4.78 is 46.2. The van der Waals surface area contributed by atoms with Gasteiger partial charge in [0, 0.05) is 13.2 Å². The number of rotatable bonds is 5. The average molecular weight is 278 g/mol.